The number of carbonyl (C=O) groups excluding carboxylic acids is 2. The topological polar surface area (TPSA) is 95.6 Å². The summed E-state index contributed by atoms with van der Waals surface area (Å²) in [5.41, 5.74) is 3.66. The number of amides is 2. The van der Waals surface area contributed by atoms with Gasteiger partial charge in [0.15, 0.2) is 0 Å². The van der Waals surface area contributed by atoms with Crippen molar-refractivity contribution in [3.63, 3.8) is 0 Å². The molecule has 0 spiro atoms. The molecule has 8 heteroatoms. The molecule has 7 nitrogen and oxygen atoms in total. The van der Waals surface area contributed by atoms with Crippen LogP contribution in [0.2, 0.25) is 0 Å². The van der Waals surface area contributed by atoms with E-state index in [0.29, 0.717) is 42.4 Å². The maximum Gasteiger partial charge on any atom is 0.255 e. The molecule has 1 aliphatic heterocycles. The van der Waals surface area contributed by atoms with Gasteiger partial charge in [0.2, 0.25) is 15.9 Å². The second-order valence-corrected chi connectivity index (χ2v) is 10.8. The number of hydrogen-bond acceptors (Lipinski definition) is 4. The van der Waals surface area contributed by atoms with Crippen LogP contribution in [-0.2, 0) is 14.8 Å². The highest BCUT2D eigenvalue weighted by molar-refractivity contribution is 7.89. The normalized spacial score (nSPS) is 15.3. The van der Waals surface area contributed by atoms with Gasteiger partial charge in [0.1, 0.15) is 0 Å². The van der Waals surface area contributed by atoms with Crippen molar-refractivity contribution in [3.8, 4) is 0 Å². The molecular weight excluding hydrogens is 438 g/mol. The lowest BCUT2D eigenvalue weighted by atomic mass is 10.0. The summed E-state index contributed by atoms with van der Waals surface area (Å²) in [7, 11) is -3.69. The Labute approximate surface area is 196 Å². The highest BCUT2D eigenvalue weighted by Crippen LogP contribution is 2.29. The minimum atomic E-state index is -3.69. The quantitative estimate of drug-likeness (QED) is 0.642. The predicted molar refractivity (Wildman–Crippen MR) is 131 cm³/mol. The van der Waals surface area contributed by atoms with Gasteiger partial charge in [0, 0.05) is 36.4 Å². The summed E-state index contributed by atoms with van der Waals surface area (Å²) in [6.07, 6.45) is 2.02. The zero-order valence-corrected chi connectivity index (χ0v) is 20.8. The van der Waals surface area contributed by atoms with E-state index in [1.54, 1.807) is 32.0 Å². The molecule has 0 radical (unpaired) electrons. The van der Waals surface area contributed by atoms with Crippen molar-refractivity contribution >= 4 is 33.2 Å². The van der Waals surface area contributed by atoms with Gasteiger partial charge < -0.3 is 10.6 Å². The first kappa shape index (κ1) is 24.9. The monoisotopic (exact) mass is 471 g/mol. The minimum Gasteiger partial charge on any atom is -0.326 e. The van der Waals surface area contributed by atoms with Gasteiger partial charge in [-0.1, -0.05) is 19.9 Å². The van der Waals surface area contributed by atoms with Crippen molar-refractivity contribution in [1.29, 1.82) is 0 Å². The second kappa shape index (κ2) is 10.1. The van der Waals surface area contributed by atoms with Crippen LogP contribution in [0.3, 0.4) is 0 Å². The maximum atomic E-state index is 13.4. The SMILES string of the molecule is CCC(=O)Nc1ccc(C)c(NC(=O)c2cc(C)c(C)c(S(=O)(=O)N3CCC(C)CC3)c2)c1. The Morgan fingerprint density at radius 1 is 1.00 bits per heavy atom. The van der Waals surface area contributed by atoms with Gasteiger partial charge in [0.25, 0.3) is 5.91 Å². The number of anilines is 2. The number of benzene rings is 2. The summed E-state index contributed by atoms with van der Waals surface area (Å²) in [5, 5.41) is 5.65. The molecule has 0 saturated carbocycles. The Kier molecular flexibility index (Phi) is 7.59. The molecule has 2 N–H and O–H groups in total. The summed E-state index contributed by atoms with van der Waals surface area (Å²) in [4.78, 5) is 25.0. The van der Waals surface area contributed by atoms with Gasteiger partial charge in [-0.2, -0.15) is 4.31 Å². The van der Waals surface area contributed by atoms with Crippen LogP contribution >= 0.6 is 0 Å². The van der Waals surface area contributed by atoms with Crippen LogP contribution in [0.25, 0.3) is 0 Å². The zero-order valence-electron chi connectivity index (χ0n) is 20.0. The number of carbonyl (C=O) groups is 2. The number of rotatable bonds is 6. The molecule has 1 saturated heterocycles. The number of aryl methyl sites for hydroxylation is 2. The summed E-state index contributed by atoms with van der Waals surface area (Å²) >= 11 is 0. The summed E-state index contributed by atoms with van der Waals surface area (Å²) in [6.45, 7) is 10.3. The van der Waals surface area contributed by atoms with Crippen LogP contribution in [0.5, 0.6) is 0 Å². The Morgan fingerprint density at radius 2 is 1.67 bits per heavy atom. The molecule has 178 valence electrons. The molecule has 1 fully saturated rings. The number of nitrogens with one attached hydrogen (secondary N) is 2. The summed E-state index contributed by atoms with van der Waals surface area (Å²) < 4.78 is 28.3. The number of hydrogen-bond donors (Lipinski definition) is 2. The van der Waals surface area contributed by atoms with Crippen LogP contribution in [0.15, 0.2) is 35.2 Å². The van der Waals surface area contributed by atoms with E-state index >= 15 is 0 Å². The van der Waals surface area contributed by atoms with Crippen molar-refractivity contribution < 1.29 is 18.0 Å². The Hall–Kier alpha value is -2.71. The summed E-state index contributed by atoms with van der Waals surface area (Å²) in [5.74, 6) is -0.00589. The number of sulfonamides is 1. The van der Waals surface area contributed by atoms with Gasteiger partial charge in [-0.05, 0) is 80.5 Å². The summed E-state index contributed by atoms with van der Waals surface area (Å²) in [6, 6.07) is 8.48. The van der Waals surface area contributed by atoms with Crippen molar-refractivity contribution in [2.24, 2.45) is 5.92 Å². The third-order valence-electron chi connectivity index (χ3n) is 6.33. The molecule has 2 amide bonds. The fourth-order valence-electron chi connectivity index (χ4n) is 3.87. The molecule has 3 rings (SSSR count). The van der Waals surface area contributed by atoms with Crippen molar-refractivity contribution in [1.82, 2.24) is 4.31 Å². The average molecular weight is 472 g/mol. The molecule has 0 unspecified atom stereocenters. The highest BCUT2D eigenvalue weighted by Gasteiger charge is 2.30. The second-order valence-electron chi connectivity index (χ2n) is 8.89. The number of piperidine rings is 1. The van der Waals surface area contributed by atoms with Crippen LogP contribution < -0.4 is 10.6 Å². The first-order valence-electron chi connectivity index (χ1n) is 11.4. The van der Waals surface area contributed by atoms with E-state index in [0.717, 1.165) is 24.0 Å². The average Bonchev–Trinajstić information content (AvgIpc) is 2.77. The molecule has 1 aliphatic rings. The van der Waals surface area contributed by atoms with E-state index in [9.17, 15) is 18.0 Å². The molecule has 1 heterocycles. The van der Waals surface area contributed by atoms with Crippen LogP contribution in [0, 0.1) is 26.7 Å². The van der Waals surface area contributed by atoms with E-state index in [1.165, 1.54) is 10.4 Å². The smallest absolute Gasteiger partial charge is 0.255 e. The fourth-order valence-corrected chi connectivity index (χ4v) is 5.66. The van der Waals surface area contributed by atoms with Gasteiger partial charge in [-0.25, -0.2) is 8.42 Å². The van der Waals surface area contributed by atoms with E-state index < -0.39 is 15.9 Å². The van der Waals surface area contributed by atoms with E-state index in [-0.39, 0.29) is 16.4 Å². The first-order valence-corrected chi connectivity index (χ1v) is 12.8. The van der Waals surface area contributed by atoms with Crippen LogP contribution in [0.4, 0.5) is 11.4 Å². The van der Waals surface area contributed by atoms with Crippen LogP contribution in [0.1, 0.15) is 60.2 Å². The van der Waals surface area contributed by atoms with Gasteiger partial charge >= 0.3 is 0 Å². The van der Waals surface area contributed by atoms with Gasteiger partial charge in [0.05, 0.1) is 4.90 Å². The van der Waals surface area contributed by atoms with Gasteiger partial charge in [-0.15, -0.1) is 0 Å². The van der Waals surface area contributed by atoms with E-state index in [1.807, 2.05) is 19.9 Å². The number of nitrogens with zero attached hydrogens (tertiary/aromatic N) is 1. The molecule has 2 aromatic carbocycles. The molecule has 0 aliphatic carbocycles. The molecular formula is C25H33N3O4S. The molecule has 2 aromatic rings. The largest absolute Gasteiger partial charge is 0.326 e. The Bertz CT molecular complexity index is 1170. The lowest BCUT2D eigenvalue weighted by Gasteiger charge is -2.30. The molecule has 0 bridgehead atoms. The van der Waals surface area contributed by atoms with Crippen molar-refractivity contribution in [3.05, 3.63) is 52.6 Å². The Balaban J connectivity index is 1.90. The van der Waals surface area contributed by atoms with Crippen LogP contribution in [-0.4, -0.2) is 37.6 Å². The van der Waals surface area contributed by atoms with Crippen molar-refractivity contribution in [2.75, 3.05) is 23.7 Å². The first-order chi connectivity index (χ1) is 15.5. The van der Waals surface area contributed by atoms with Crippen molar-refractivity contribution in [2.45, 2.75) is 58.8 Å². The zero-order chi connectivity index (χ0) is 24.3. The fraction of sp³-hybridized carbons (Fsp3) is 0.440. The minimum absolute atomic E-state index is 0.118. The third-order valence-corrected chi connectivity index (χ3v) is 8.36. The van der Waals surface area contributed by atoms with E-state index in [4.69, 9.17) is 0 Å². The predicted octanol–water partition coefficient (Wildman–Crippen LogP) is 4.63. The standard InChI is InChI=1S/C25H33N3O4S/c1-6-24(29)26-21-8-7-17(3)22(15-21)27-25(30)20-13-18(4)19(5)23(14-20)33(31,32)28-11-9-16(2)10-12-28/h7-8,13-16H,6,9-12H2,1-5H3,(H,26,29)(H,27,30). The molecule has 33 heavy (non-hydrogen) atoms. The Morgan fingerprint density at radius 3 is 2.30 bits per heavy atom. The van der Waals surface area contributed by atoms with E-state index in [2.05, 4.69) is 17.6 Å². The highest BCUT2D eigenvalue weighted by atomic mass is 32.2. The lowest BCUT2D eigenvalue weighted by Crippen LogP contribution is -2.38. The maximum absolute atomic E-state index is 13.4. The molecule has 0 aromatic heterocycles. The van der Waals surface area contributed by atoms with Gasteiger partial charge in [-0.3, -0.25) is 9.59 Å². The third kappa shape index (κ3) is 5.62. The lowest BCUT2D eigenvalue weighted by molar-refractivity contribution is -0.115. The molecule has 0 atom stereocenters.